The molecular formula is C13H16BrClO. The minimum Gasteiger partial charge on any atom is -0.293 e. The van der Waals surface area contributed by atoms with Crippen LogP contribution in [-0.2, 0) is 0 Å². The molecule has 16 heavy (non-hydrogen) atoms. The lowest BCUT2D eigenvalue weighted by Crippen LogP contribution is -2.15. The molecule has 0 radical (unpaired) electrons. The van der Waals surface area contributed by atoms with E-state index in [9.17, 15) is 4.79 Å². The highest BCUT2D eigenvalue weighted by atomic mass is 79.9. The number of carbonyl (C=O) groups excluding carboxylic acids is 1. The number of benzene rings is 1. The van der Waals surface area contributed by atoms with Crippen LogP contribution in [0.2, 0.25) is 0 Å². The smallest absolute Gasteiger partial charge is 0.177 e. The highest BCUT2D eigenvalue weighted by Gasteiger charge is 2.15. The molecule has 1 aromatic rings. The van der Waals surface area contributed by atoms with Gasteiger partial charge in [0, 0.05) is 11.4 Å². The molecule has 0 heterocycles. The predicted molar refractivity (Wildman–Crippen MR) is 72.9 cm³/mol. The maximum atomic E-state index is 11.8. The number of Topliss-reactive ketones (excluding diaryl/α,β-unsaturated/α-hetero) is 1. The van der Waals surface area contributed by atoms with Crippen LogP contribution in [0.15, 0.2) is 24.3 Å². The molecule has 0 bridgehead atoms. The number of alkyl halides is 2. The van der Waals surface area contributed by atoms with E-state index in [1.54, 1.807) is 0 Å². The van der Waals surface area contributed by atoms with Crippen molar-refractivity contribution in [3.8, 4) is 0 Å². The number of rotatable bonds is 5. The second-order valence-corrected chi connectivity index (χ2v) is 5.33. The molecule has 1 aromatic carbocycles. The van der Waals surface area contributed by atoms with E-state index < -0.39 is 0 Å². The van der Waals surface area contributed by atoms with E-state index in [2.05, 4.69) is 29.8 Å². The second kappa shape index (κ2) is 6.41. The Morgan fingerprint density at radius 2 is 1.94 bits per heavy atom. The molecule has 0 N–H and O–H groups in total. The average molecular weight is 304 g/mol. The summed E-state index contributed by atoms with van der Waals surface area (Å²) in [7, 11) is 0. The molecule has 1 rings (SSSR count). The molecule has 88 valence electrons. The van der Waals surface area contributed by atoms with Crippen molar-refractivity contribution in [2.75, 3.05) is 5.88 Å². The van der Waals surface area contributed by atoms with Gasteiger partial charge < -0.3 is 0 Å². The molecule has 0 saturated carbocycles. The fraction of sp³-hybridized carbons (Fsp3) is 0.462. The lowest BCUT2D eigenvalue weighted by Gasteiger charge is -2.10. The Labute approximate surface area is 110 Å². The Bertz CT molecular complexity index is 347. The molecule has 0 amide bonds. The van der Waals surface area contributed by atoms with E-state index in [1.807, 2.05) is 24.3 Å². The summed E-state index contributed by atoms with van der Waals surface area (Å²) >= 11 is 8.89. The number of halogens is 2. The summed E-state index contributed by atoms with van der Waals surface area (Å²) in [6, 6.07) is 7.81. The Kier molecular flexibility index (Phi) is 5.50. The highest BCUT2D eigenvalue weighted by molar-refractivity contribution is 9.10. The first kappa shape index (κ1) is 13.7. The predicted octanol–water partition coefficient (Wildman–Crippen LogP) is 4.39. The minimum atomic E-state index is -0.288. The van der Waals surface area contributed by atoms with Crippen LogP contribution in [0, 0.1) is 0 Å². The molecule has 2 unspecified atom stereocenters. The normalized spacial score (nSPS) is 14.5. The second-order valence-electron chi connectivity index (χ2n) is 3.92. The van der Waals surface area contributed by atoms with Crippen LogP contribution in [0.25, 0.3) is 0 Å². The van der Waals surface area contributed by atoms with E-state index in [1.165, 1.54) is 5.56 Å². The first-order valence-corrected chi connectivity index (χ1v) is 6.89. The fourth-order valence-corrected chi connectivity index (χ4v) is 1.87. The van der Waals surface area contributed by atoms with E-state index in [4.69, 9.17) is 11.6 Å². The zero-order valence-corrected chi connectivity index (χ0v) is 11.9. The first-order valence-electron chi connectivity index (χ1n) is 5.44. The third kappa shape index (κ3) is 3.33. The van der Waals surface area contributed by atoms with Gasteiger partial charge >= 0.3 is 0 Å². The van der Waals surface area contributed by atoms with Crippen LogP contribution >= 0.6 is 27.5 Å². The van der Waals surface area contributed by atoms with Crippen LogP contribution in [-0.4, -0.2) is 16.5 Å². The summed E-state index contributed by atoms with van der Waals surface area (Å²) in [5.41, 5.74) is 1.99. The highest BCUT2D eigenvalue weighted by Crippen LogP contribution is 2.20. The van der Waals surface area contributed by atoms with Crippen LogP contribution in [0.1, 0.15) is 42.1 Å². The summed E-state index contributed by atoms with van der Waals surface area (Å²) in [6.45, 7) is 4.34. The average Bonchev–Trinajstić information content (AvgIpc) is 2.36. The molecule has 0 aliphatic heterocycles. The summed E-state index contributed by atoms with van der Waals surface area (Å²) in [5, 5.41) is 0. The van der Waals surface area contributed by atoms with Gasteiger partial charge in [0.15, 0.2) is 5.78 Å². The number of hydrogen-bond acceptors (Lipinski definition) is 1. The summed E-state index contributed by atoms with van der Waals surface area (Å²) in [6.07, 6.45) is 1.11. The number of hydrogen-bond donors (Lipinski definition) is 0. The zero-order valence-electron chi connectivity index (χ0n) is 9.54. The van der Waals surface area contributed by atoms with Crippen molar-refractivity contribution in [3.63, 3.8) is 0 Å². The van der Waals surface area contributed by atoms with Gasteiger partial charge in [0.05, 0.1) is 4.83 Å². The maximum Gasteiger partial charge on any atom is 0.177 e. The summed E-state index contributed by atoms with van der Waals surface area (Å²) in [4.78, 5) is 11.5. The van der Waals surface area contributed by atoms with E-state index >= 15 is 0 Å². The van der Waals surface area contributed by atoms with Crippen LogP contribution < -0.4 is 0 Å². The number of carbonyl (C=O) groups is 1. The standard InChI is InChI=1S/C13H16BrClO/c1-3-9(2)10-4-6-11(7-5-10)13(16)12(14)8-15/h4-7,9,12H,3,8H2,1-2H3. The van der Waals surface area contributed by atoms with Crippen molar-refractivity contribution < 1.29 is 4.79 Å². The van der Waals surface area contributed by atoms with Gasteiger partial charge in [0.2, 0.25) is 0 Å². The van der Waals surface area contributed by atoms with Gasteiger partial charge in [0.25, 0.3) is 0 Å². The summed E-state index contributed by atoms with van der Waals surface area (Å²) in [5.74, 6) is 0.883. The molecule has 3 heteroatoms. The molecule has 0 fully saturated rings. The van der Waals surface area contributed by atoms with Gasteiger partial charge in [-0.2, -0.15) is 0 Å². The maximum absolute atomic E-state index is 11.8. The van der Waals surface area contributed by atoms with Crippen molar-refractivity contribution in [1.29, 1.82) is 0 Å². The van der Waals surface area contributed by atoms with Gasteiger partial charge in [-0.1, -0.05) is 54.0 Å². The zero-order chi connectivity index (χ0) is 12.1. The molecule has 0 spiro atoms. The monoisotopic (exact) mass is 302 g/mol. The number of ketones is 1. The van der Waals surface area contributed by atoms with Crippen molar-refractivity contribution in [1.82, 2.24) is 0 Å². The molecule has 0 aromatic heterocycles. The van der Waals surface area contributed by atoms with E-state index in [0.29, 0.717) is 11.8 Å². The Morgan fingerprint density at radius 1 is 1.38 bits per heavy atom. The molecule has 0 saturated heterocycles. The first-order chi connectivity index (χ1) is 7.60. The minimum absolute atomic E-state index is 0.0469. The van der Waals surface area contributed by atoms with Crippen molar-refractivity contribution in [3.05, 3.63) is 35.4 Å². The molecule has 0 aliphatic rings. The SMILES string of the molecule is CCC(C)c1ccc(C(=O)C(Br)CCl)cc1. The van der Waals surface area contributed by atoms with Crippen molar-refractivity contribution >= 4 is 33.3 Å². The molecule has 2 atom stereocenters. The Balaban J connectivity index is 2.82. The van der Waals surface area contributed by atoms with E-state index in [-0.39, 0.29) is 10.6 Å². The van der Waals surface area contributed by atoms with Gasteiger partial charge in [0.1, 0.15) is 0 Å². The third-order valence-corrected chi connectivity index (χ3v) is 4.22. The van der Waals surface area contributed by atoms with Gasteiger partial charge in [-0.15, -0.1) is 11.6 Å². The quantitative estimate of drug-likeness (QED) is 0.582. The largest absolute Gasteiger partial charge is 0.293 e. The molecule has 1 nitrogen and oxygen atoms in total. The molecular weight excluding hydrogens is 287 g/mol. The van der Waals surface area contributed by atoms with Gasteiger partial charge in [-0.25, -0.2) is 0 Å². The Morgan fingerprint density at radius 3 is 2.38 bits per heavy atom. The van der Waals surface area contributed by atoms with Crippen LogP contribution in [0.3, 0.4) is 0 Å². The van der Waals surface area contributed by atoms with Crippen molar-refractivity contribution in [2.24, 2.45) is 0 Å². The van der Waals surface area contributed by atoms with E-state index in [0.717, 1.165) is 12.0 Å². The van der Waals surface area contributed by atoms with Crippen LogP contribution in [0.4, 0.5) is 0 Å². The Hall–Kier alpha value is -0.340. The van der Waals surface area contributed by atoms with Gasteiger partial charge in [-0.3, -0.25) is 4.79 Å². The van der Waals surface area contributed by atoms with Crippen molar-refractivity contribution in [2.45, 2.75) is 31.0 Å². The molecule has 0 aliphatic carbocycles. The summed E-state index contributed by atoms with van der Waals surface area (Å²) < 4.78 is 0. The third-order valence-electron chi connectivity index (χ3n) is 2.80. The lowest BCUT2D eigenvalue weighted by molar-refractivity contribution is 0.0997. The van der Waals surface area contributed by atoms with Crippen LogP contribution in [0.5, 0.6) is 0 Å². The lowest BCUT2D eigenvalue weighted by atomic mass is 9.96. The van der Waals surface area contributed by atoms with Gasteiger partial charge in [-0.05, 0) is 17.9 Å². The fourth-order valence-electron chi connectivity index (χ4n) is 1.46. The topological polar surface area (TPSA) is 17.1 Å².